The average Bonchev–Trinajstić information content (AvgIpc) is 2.73. The summed E-state index contributed by atoms with van der Waals surface area (Å²) in [5, 5.41) is 5.57. The zero-order valence-electron chi connectivity index (χ0n) is 16.0. The number of rotatable bonds is 4. The highest BCUT2D eigenvalue weighted by molar-refractivity contribution is 6.02. The van der Waals surface area contributed by atoms with E-state index in [4.69, 9.17) is 9.15 Å². The Morgan fingerprint density at radius 1 is 1.07 bits per heavy atom. The fourth-order valence-corrected chi connectivity index (χ4v) is 3.28. The molecular formula is C22H18N2O5. The van der Waals surface area contributed by atoms with Crippen LogP contribution in [0.15, 0.2) is 62.5 Å². The molecule has 4 rings (SSSR count). The standard InChI is InChI=1S/C22H18N2O5/c1-3-13-8-9-15-14(11-19(25)29-18(15)10-13)12-28-22(27)20-16-6-4-5-7-17(16)21(26)24(2)23-20/h4-11H,3,12H2,1-2H3. The van der Waals surface area contributed by atoms with Crippen LogP contribution in [0.2, 0.25) is 0 Å². The molecule has 0 unspecified atom stereocenters. The molecule has 0 saturated heterocycles. The first-order valence-corrected chi connectivity index (χ1v) is 9.16. The molecule has 0 spiro atoms. The summed E-state index contributed by atoms with van der Waals surface area (Å²) in [5.74, 6) is -0.677. The van der Waals surface area contributed by atoms with Crippen LogP contribution in [0.5, 0.6) is 0 Å². The molecule has 0 atom stereocenters. The van der Waals surface area contributed by atoms with Gasteiger partial charge in [0.05, 0.1) is 5.39 Å². The Balaban J connectivity index is 1.69. The second-order valence-electron chi connectivity index (χ2n) is 6.67. The molecule has 0 N–H and O–H groups in total. The van der Waals surface area contributed by atoms with Crippen LogP contribution in [0.25, 0.3) is 21.7 Å². The van der Waals surface area contributed by atoms with E-state index in [-0.39, 0.29) is 17.9 Å². The van der Waals surface area contributed by atoms with Crippen LogP contribution >= 0.6 is 0 Å². The molecule has 0 aliphatic rings. The number of fused-ring (bicyclic) bond motifs is 2. The predicted molar refractivity (Wildman–Crippen MR) is 108 cm³/mol. The molecule has 0 fully saturated rings. The number of hydrogen-bond acceptors (Lipinski definition) is 6. The maximum atomic E-state index is 12.7. The maximum Gasteiger partial charge on any atom is 0.359 e. The molecule has 0 saturated carbocycles. The monoisotopic (exact) mass is 390 g/mol. The quantitative estimate of drug-likeness (QED) is 0.393. The van der Waals surface area contributed by atoms with Gasteiger partial charge in [0.2, 0.25) is 0 Å². The summed E-state index contributed by atoms with van der Waals surface area (Å²) in [4.78, 5) is 36.9. The van der Waals surface area contributed by atoms with Gasteiger partial charge in [0, 0.05) is 29.4 Å². The van der Waals surface area contributed by atoms with Gasteiger partial charge in [-0.25, -0.2) is 14.3 Å². The number of aromatic nitrogens is 2. The van der Waals surface area contributed by atoms with Gasteiger partial charge in [-0.2, -0.15) is 5.10 Å². The molecule has 0 aliphatic heterocycles. The Morgan fingerprint density at radius 3 is 2.59 bits per heavy atom. The topological polar surface area (TPSA) is 91.4 Å². The number of benzene rings is 2. The van der Waals surface area contributed by atoms with E-state index in [1.807, 2.05) is 25.1 Å². The second-order valence-corrected chi connectivity index (χ2v) is 6.67. The summed E-state index contributed by atoms with van der Waals surface area (Å²) >= 11 is 0. The predicted octanol–water partition coefficient (Wildman–Crippen LogP) is 2.96. The highest BCUT2D eigenvalue weighted by Gasteiger charge is 2.18. The van der Waals surface area contributed by atoms with E-state index in [1.54, 1.807) is 24.3 Å². The first-order valence-electron chi connectivity index (χ1n) is 9.16. The molecule has 2 aromatic heterocycles. The summed E-state index contributed by atoms with van der Waals surface area (Å²) < 4.78 is 11.8. The number of aryl methyl sites for hydroxylation is 2. The van der Waals surface area contributed by atoms with Crippen molar-refractivity contribution < 1.29 is 13.9 Å². The number of esters is 1. The molecule has 146 valence electrons. The molecular weight excluding hydrogens is 372 g/mol. The van der Waals surface area contributed by atoms with Gasteiger partial charge >= 0.3 is 11.6 Å². The SMILES string of the molecule is CCc1ccc2c(COC(=O)c3nn(C)c(=O)c4ccccc34)cc(=O)oc2c1. The van der Waals surface area contributed by atoms with Crippen molar-refractivity contribution in [1.29, 1.82) is 0 Å². The van der Waals surface area contributed by atoms with E-state index >= 15 is 0 Å². The lowest BCUT2D eigenvalue weighted by molar-refractivity contribution is 0.0466. The Labute approximate surface area is 165 Å². The Morgan fingerprint density at radius 2 is 1.83 bits per heavy atom. The van der Waals surface area contributed by atoms with Gasteiger partial charge < -0.3 is 9.15 Å². The second kappa shape index (κ2) is 7.35. The van der Waals surface area contributed by atoms with Crippen LogP contribution in [0.3, 0.4) is 0 Å². The normalized spacial score (nSPS) is 11.1. The van der Waals surface area contributed by atoms with Gasteiger partial charge in [0.1, 0.15) is 12.2 Å². The number of carbonyl (C=O) groups excluding carboxylic acids is 1. The minimum atomic E-state index is -0.677. The Hall–Kier alpha value is -3.74. The van der Waals surface area contributed by atoms with Crippen molar-refractivity contribution in [3.8, 4) is 0 Å². The summed E-state index contributed by atoms with van der Waals surface area (Å²) in [6.07, 6.45) is 0.810. The summed E-state index contributed by atoms with van der Waals surface area (Å²) in [7, 11) is 1.48. The minimum absolute atomic E-state index is 0.0447. The number of nitrogens with zero attached hydrogens (tertiary/aromatic N) is 2. The first-order chi connectivity index (χ1) is 14.0. The van der Waals surface area contributed by atoms with Crippen molar-refractivity contribution in [2.75, 3.05) is 0 Å². The highest BCUT2D eigenvalue weighted by Crippen LogP contribution is 2.21. The van der Waals surface area contributed by atoms with Gasteiger partial charge in [-0.1, -0.05) is 37.3 Å². The number of carbonyl (C=O) groups is 1. The van der Waals surface area contributed by atoms with E-state index in [0.717, 1.165) is 16.7 Å². The third-order valence-corrected chi connectivity index (χ3v) is 4.81. The van der Waals surface area contributed by atoms with Crippen LogP contribution in [-0.4, -0.2) is 15.7 Å². The third kappa shape index (κ3) is 3.42. The van der Waals surface area contributed by atoms with Crippen LogP contribution in [0.1, 0.15) is 28.5 Å². The van der Waals surface area contributed by atoms with Crippen LogP contribution in [0, 0.1) is 0 Å². The average molecular weight is 390 g/mol. The molecule has 4 aromatic rings. The van der Waals surface area contributed by atoms with Crippen LogP contribution in [-0.2, 0) is 24.8 Å². The Kier molecular flexibility index (Phi) is 4.72. The van der Waals surface area contributed by atoms with Gasteiger partial charge in [0.15, 0.2) is 5.69 Å². The molecule has 0 amide bonds. The van der Waals surface area contributed by atoms with E-state index in [2.05, 4.69) is 5.10 Å². The zero-order chi connectivity index (χ0) is 20.5. The molecule has 2 aromatic carbocycles. The largest absolute Gasteiger partial charge is 0.456 e. The molecule has 2 heterocycles. The smallest absolute Gasteiger partial charge is 0.359 e. The molecule has 7 heteroatoms. The van der Waals surface area contributed by atoms with Crippen LogP contribution in [0.4, 0.5) is 0 Å². The van der Waals surface area contributed by atoms with Crippen molar-refractivity contribution in [3.63, 3.8) is 0 Å². The molecule has 0 aliphatic carbocycles. The minimum Gasteiger partial charge on any atom is -0.456 e. The molecule has 7 nitrogen and oxygen atoms in total. The summed E-state index contributed by atoms with van der Waals surface area (Å²) in [5.41, 5.74) is 1.27. The lowest BCUT2D eigenvalue weighted by Crippen LogP contribution is -2.23. The van der Waals surface area contributed by atoms with Gasteiger partial charge in [-0.3, -0.25) is 4.79 Å². The van der Waals surface area contributed by atoms with Crippen LogP contribution < -0.4 is 11.2 Å². The molecule has 29 heavy (non-hydrogen) atoms. The van der Waals surface area contributed by atoms with Crippen molar-refractivity contribution in [3.05, 3.63) is 86.1 Å². The van der Waals surface area contributed by atoms with E-state index in [1.165, 1.54) is 13.1 Å². The van der Waals surface area contributed by atoms with Gasteiger partial charge in [-0.15, -0.1) is 0 Å². The van der Waals surface area contributed by atoms with E-state index < -0.39 is 11.6 Å². The van der Waals surface area contributed by atoms with Crippen molar-refractivity contribution in [2.45, 2.75) is 20.0 Å². The van der Waals surface area contributed by atoms with Gasteiger partial charge in [0.25, 0.3) is 5.56 Å². The number of ether oxygens (including phenoxy) is 1. The van der Waals surface area contributed by atoms with E-state index in [0.29, 0.717) is 27.3 Å². The van der Waals surface area contributed by atoms with E-state index in [9.17, 15) is 14.4 Å². The Bertz CT molecular complexity index is 1370. The van der Waals surface area contributed by atoms with Gasteiger partial charge in [-0.05, 0) is 24.1 Å². The lowest BCUT2D eigenvalue weighted by Gasteiger charge is -2.10. The van der Waals surface area contributed by atoms with Crippen molar-refractivity contribution >= 4 is 27.7 Å². The van der Waals surface area contributed by atoms with Crippen molar-refractivity contribution in [1.82, 2.24) is 9.78 Å². The molecule has 0 bridgehead atoms. The summed E-state index contributed by atoms with van der Waals surface area (Å²) in [6.45, 7) is 1.89. The maximum absolute atomic E-state index is 12.7. The zero-order valence-corrected chi connectivity index (χ0v) is 16.0. The lowest BCUT2D eigenvalue weighted by atomic mass is 10.1. The fraction of sp³-hybridized carbons (Fsp3) is 0.182. The highest BCUT2D eigenvalue weighted by atomic mass is 16.5. The summed E-state index contributed by atoms with van der Waals surface area (Å²) in [6, 6.07) is 13.6. The first kappa shape index (κ1) is 18.6. The number of hydrogen-bond donors (Lipinski definition) is 0. The fourth-order valence-electron chi connectivity index (χ4n) is 3.28. The molecule has 0 radical (unpaired) electrons. The third-order valence-electron chi connectivity index (χ3n) is 4.81. The van der Waals surface area contributed by atoms with Crippen molar-refractivity contribution in [2.24, 2.45) is 7.05 Å².